The number of alkyl halides is 2. The molecule has 0 fully saturated rings. The average molecular weight is 320 g/mol. The Hall–Kier alpha value is -2.63. The summed E-state index contributed by atoms with van der Waals surface area (Å²) in [6, 6.07) is 13.9. The molecule has 2 aromatic carbocycles. The largest absolute Gasteiger partial charge is 0.433 e. The fraction of sp³-hybridized carbons (Fsp3) is 0.235. The average Bonchev–Trinajstić information content (AvgIpc) is 2.51. The van der Waals surface area contributed by atoms with Gasteiger partial charge in [-0.3, -0.25) is 0 Å². The first-order valence-corrected chi connectivity index (χ1v) is 7.19. The van der Waals surface area contributed by atoms with Gasteiger partial charge in [-0.2, -0.15) is 8.78 Å². The zero-order chi connectivity index (χ0) is 16.7. The lowest BCUT2D eigenvalue weighted by molar-refractivity contribution is -0.0493. The molecule has 0 aliphatic rings. The van der Waals surface area contributed by atoms with Crippen LogP contribution in [0.1, 0.15) is 11.1 Å². The van der Waals surface area contributed by atoms with Gasteiger partial charge < -0.3 is 15.4 Å². The highest BCUT2D eigenvalue weighted by atomic mass is 19.3. The van der Waals surface area contributed by atoms with Gasteiger partial charge in [-0.25, -0.2) is 4.79 Å². The fourth-order valence-electron chi connectivity index (χ4n) is 2.12. The van der Waals surface area contributed by atoms with Gasteiger partial charge in [-0.05, 0) is 30.5 Å². The van der Waals surface area contributed by atoms with Crippen molar-refractivity contribution >= 4 is 11.7 Å². The van der Waals surface area contributed by atoms with E-state index in [4.69, 9.17) is 0 Å². The molecule has 0 saturated heterocycles. The van der Waals surface area contributed by atoms with Gasteiger partial charge in [0.25, 0.3) is 0 Å². The quantitative estimate of drug-likeness (QED) is 0.846. The molecule has 23 heavy (non-hydrogen) atoms. The van der Waals surface area contributed by atoms with E-state index in [2.05, 4.69) is 15.4 Å². The van der Waals surface area contributed by atoms with E-state index in [9.17, 15) is 13.6 Å². The van der Waals surface area contributed by atoms with Crippen LogP contribution in [0.5, 0.6) is 5.75 Å². The van der Waals surface area contributed by atoms with Gasteiger partial charge in [0.2, 0.25) is 0 Å². The first kappa shape index (κ1) is 16.7. The Morgan fingerprint density at radius 3 is 2.57 bits per heavy atom. The maximum Gasteiger partial charge on any atom is 0.387 e. The van der Waals surface area contributed by atoms with E-state index in [0.717, 1.165) is 5.56 Å². The van der Waals surface area contributed by atoms with Crippen molar-refractivity contribution in [2.75, 3.05) is 11.9 Å². The molecule has 0 unspecified atom stereocenters. The molecular formula is C17H18F2N2O2. The summed E-state index contributed by atoms with van der Waals surface area (Å²) in [5.41, 5.74) is 1.98. The Kier molecular flexibility index (Phi) is 5.91. The number of rotatable bonds is 6. The first-order valence-electron chi connectivity index (χ1n) is 7.19. The lowest BCUT2D eigenvalue weighted by Crippen LogP contribution is -2.31. The number of carbonyl (C=O) groups excluding carboxylic acids is 1. The highest BCUT2D eigenvalue weighted by molar-refractivity contribution is 5.91. The Bertz CT molecular complexity index is 648. The second-order valence-corrected chi connectivity index (χ2v) is 4.94. The summed E-state index contributed by atoms with van der Waals surface area (Å²) in [7, 11) is 0. The molecule has 0 saturated carbocycles. The van der Waals surface area contributed by atoms with Crippen molar-refractivity contribution in [3.05, 3.63) is 59.7 Å². The van der Waals surface area contributed by atoms with Gasteiger partial charge in [-0.15, -0.1) is 0 Å². The molecule has 4 nitrogen and oxygen atoms in total. The summed E-state index contributed by atoms with van der Waals surface area (Å²) in [5, 5.41) is 5.26. The monoisotopic (exact) mass is 320 g/mol. The molecule has 0 bridgehead atoms. The molecule has 0 aliphatic heterocycles. The van der Waals surface area contributed by atoms with E-state index >= 15 is 0 Å². The van der Waals surface area contributed by atoms with Crippen LogP contribution in [0.2, 0.25) is 0 Å². The van der Waals surface area contributed by atoms with Gasteiger partial charge >= 0.3 is 12.6 Å². The number of carbonyl (C=O) groups is 1. The van der Waals surface area contributed by atoms with Gasteiger partial charge in [-0.1, -0.05) is 42.5 Å². The van der Waals surface area contributed by atoms with Gasteiger partial charge in [0.05, 0.1) is 5.69 Å². The minimum absolute atomic E-state index is 0.0572. The Labute approximate surface area is 133 Å². The van der Waals surface area contributed by atoms with Crippen LogP contribution in [0, 0.1) is 6.92 Å². The van der Waals surface area contributed by atoms with E-state index in [-0.39, 0.29) is 11.4 Å². The summed E-state index contributed by atoms with van der Waals surface area (Å²) < 4.78 is 29.2. The molecule has 2 aromatic rings. The third kappa shape index (κ3) is 5.25. The van der Waals surface area contributed by atoms with E-state index in [1.165, 1.54) is 6.07 Å². The summed E-state index contributed by atoms with van der Waals surface area (Å²) in [6.45, 7) is -0.802. The van der Waals surface area contributed by atoms with E-state index in [1.807, 2.05) is 30.3 Å². The van der Waals surface area contributed by atoms with Crippen molar-refractivity contribution in [1.82, 2.24) is 5.32 Å². The summed E-state index contributed by atoms with van der Waals surface area (Å²) in [6.07, 6.45) is 0.683. The molecular weight excluding hydrogens is 302 g/mol. The number of amides is 2. The van der Waals surface area contributed by atoms with Crippen molar-refractivity contribution in [2.24, 2.45) is 0 Å². The first-order chi connectivity index (χ1) is 11.1. The lowest BCUT2D eigenvalue weighted by Gasteiger charge is -2.14. The van der Waals surface area contributed by atoms with Crippen LogP contribution in [0.3, 0.4) is 0 Å². The van der Waals surface area contributed by atoms with Crippen molar-refractivity contribution in [2.45, 2.75) is 20.0 Å². The summed E-state index contributed by atoms with van der Waals surface area (Å²) >= 11 is 0. The van der Waals surface area contributed by atoms with Crippen LogP contribution in [-0.4, -0.2) is 19.2 Å². The smallest absolute Gasteiger partial charge is 0.387 e. The number of benzene rings is 2. The summed E-state index contributed by atoms with van der Waals surface area (Å²) in [5.74, 6) is -0.0572. The van der Waals surface area contributed by atoms with Crippen LogP contribution < -0.4 is 15.4 Å². The number of ether oxygens (including phenoxy) is 1. The molecule has 0 aromatic heterocycles. The number of hydrogen-bond donors (Lipinski definition) is 2. The van der Waals surface area contributed by atoms with E-state index < -0.39 is 12.6 Å². The Balaban J connectivity index is 1.92. The number of nitrogens with one attached hydrogen (secondary N) is 2. The molecule has 0 atom stereocenters. The molecule has 0 heterocycles. The van der Waals surface area contributed by atoms with Crippen LogP contribution >= 0.6 is 0 Å². The number of aryl methyl sites for hydroxylation is 1. The molecule has 0 aliphatic carbocycles. The van der Waals surface area contributed by atoms with Crippen molar-refractivity contribution in [1.29, 1.82) is 0 Å². The minimum atomic E-state index is -2.95. The maximum absolute atomic E-state index is 12.4. The van der Waals surface area contributed by atoms with Gasteiger partial charge in [0, 0.05) is 6.54 Å². The normalized spacial score (nSPS) is 10.4. The number of para-hydroxylation sites is 1. The molecule has 122 valence electrons. The van der Waals surface area contributed by atoms with Crippen molar-refractivity contribution in [3.63, 3.8) is 0 Å². The highest BCUT2D eigenvalue weighted by Gasteiger charge is 2.13. The van der Waals surface area contributed by atoms with Crippen molar-refractivity contribution < 1.29 is 18.3 Å². The number of halogens is 2. The highest BCUT2D eigenvalue weighted by Crippen LogP contribution is 2.29. The standard InChI is InChI=1S/C17H18F2N2O2/c1-12-6-5-9-14(23-16(18)19)15(12)21-17(22)20-11-10-13-7-3-2-4-8-13/h2-9,16H,10-11H2,1H3,(H2,20,21,22). The van der Waals surface area contributed by atoms with Crippen LogP contribution in [-0.2, 0) is 6.42 Å². The Morgan fingerprint density at radius 1 is 1.13 bits per heavy atom. The molecule has 2 amide bonds. The molecule has 2 N–H and O–H groups in total. The zero-order valence-corrected chi connectivity index (χ0v) is 12.7. The third-order valence-corrected chi connectivity index (χ3v) is 3.23. The number of hydrogen-bond acceptors (Lipinski definition) is 2. The Morgan fingerprint density at radius 2 is 1.87 bits per heavy atom. The van der Waals surface area contributed by atoms with E-state index in [0.29, 0.717) is 18.5 Å². The van der Waals surface area contributed by atoms with E-state index in [1.54, 1.807) is 19.1 Å². The molecule has 0 radical (unpaired) electrons. The topological polar surface area (TPSA) is 50.4 Å². The maximum atomic E-state index is 12.4. The number of anilines is 1. The fourth-order valence-corrected chi connectivity index (χ4v) is 2.12. The van der Waals surface area contributed by atoms with Crippen LogP contribution in [0.25, 0.3) is 0 Å². The predicted molar refractivity (Wildman–Crippen MR) is 85.0 cm³/mol. The molecule has 0 spiro atoms. The SMILES string of the molecule is Cc1cccc(OC(F)F)c1NC(=O)NCCc1ccccc1. The molecule has 2 rings (SSSR count). The second-order valence-electron chi connectivity index (χ2n) is 4.94. The van der Waals surface area contributed by atoms with Crippen LogP contribution in [0.15, 0.2) is 48.5 Å². The second kappa shape index (κ2) is 8.12. The lowest BCUT2D eigenvalue weighted by atomic mass is 10.1. The van der Waals surface area contributed by atoms with Crippen molar-refractivity contribution in [3.8, 4) is 5.75 Å². The molecule has 6 heteroatoms. The third-order valence-electron chi connectivity index (χ3n) is 3.23. The zero-order valence-electron chi connectivity index (χ0n) is 12.7. The van der Waals surface area contributed by atoms with Gasteiger partial charge in [0.1, 0.15) is 5.75 Å². The minimum Gasteiger partial charge on any atom is -0.433 e. The summed E-state index contributed by atoms with van der Waals surface area (Å²) in [4.78, 5) is 11.9. The van der Waals surface area contributed by atoms with Crippen LogP contribution in [0.4, 0.5) is 19.3 Å². The van der Waals surface area contributed by atoms with Gasteiger partial charge in [0.15, 0.2) is 0 Å². The number of urea groups is 1. The predicted octanol–water partition coefficient (Wildman–Crippen LogP) is 3.96.